The van der Waals surface area contributed by atoms with Crippen molar-refractivity contribution in [3.63, 3.8) is 0 Å². The third-order valence-corrected chi connectivity index (χ3v) is 2.87. The van der Waals surface area contributed by atoms with Gasteiger partial charge in [0.05, 0.1) is 13.0 Å². The molecule has 0 fully saturated rings. The molecule has 5 heteroatoms. The molecule has 110 valence electrons. The van der Waals surface area contributed by atoms with Crippen molar-refractivity contribution >= 4 is 11.9 Å². The van der Waals surface area contributed by atoms with Crippen LogP contribution in [-0.2, 0) is 9.59 Å². The molecule has 0 saturated carbocycles. The summed E-state index contributed by atoms with van der Waals surface area (Å²) in [5.41, 5.74) is 2.10. The highest BCUT2D eigenvalue weighted by molar-refractivity contribution is 5.76. The van der Waals surface area contributed by atoms with E-state index in [9.17, 15) is 9.59 Å². The van der Waals surface area contributed by atoms with E-state index in [4.69, 9.17) is 9.84 Å². The summed E-state index contributed by atoms with van der Waals surface area (Å²) in [6, 6.07) is 5.90. The highest BCUT2D eigenvalue weighted by Gasteiger charge is 2.06. The minimum atomic E-state index is -0.849. The maximum Gasteiger partial charge on any atom is 0.303 e. The molecule has 0 heterocycles. The first-order valence-corrected chi connectivity index (χ1v) is 6.68. The number of amides is 1. The second kappa shape index (κ2) is 8.19. The number of carbonyl (C=O) groups is 2. The van der Waals surface area contributed by atoms with Crippen molar-refractivity contribution in [2.75, 3.05) is 13.2 Å². The molecule has 1 amide bonds. The number of hydrogen-bond donors (Lipinski definition) is 2. The summed E-state index contributed by atoms with van der Waals surface area (Å²) in [6.45, 7) is 4.63. The zero-order valence-corrected chi connectivity index (χ0v) is 11.9. The highest BCUT2D eigenvalue weighted by Crippen LogP contribution is 2.22. The Morgan fingerprint density at radius 1 is 1.20 bits per heavy atom. The van der Waals surface area contributed by atoms with Crippen molar-refractivity contribution in [2.24, 2.45) is 0 Å². The molecule has 5 nitrogen and oxygen atoms in total. The second-order valence-corrected chi connectivity index (χ2v) is 4.67. The van der Waals surface area contributed by atoms with Gasteiger partial charge in [-0.3, -0.25) is 9.59 Å². The second-order valence-electron chi connectivity index (χ2n) is 4.67. The molecule has 0 spiro atoms. The predicted octanol–water partition coefficient (Wildman–Crippen LogP) is 2.05. The zero-order valence-electron chi connectivity index (χ0n) is 11.9. The molecule has 0 bridgehead atoms. The maximum atomic E-state index is 11.5. The number of rotatable bonds is 8. The Labute approximate surface area is 118 Å². The summed E-state index contributed by atoms with van der Waals surface area (Å²) in [5.74, 6) is -0.148. The van der Waals surface area contributed by atoms with E-state index in [0.29, 0.717) is 19.6 Å². The lowest BCUT2D eigenvalue weighted by Crippen LogP contribution is -2.26. The van der Waals surface area contributed by atoms with E-state index in [2.05, 4.69) is 5.32 Å². The molecule has 1 aromatic rings. The van der Waals surface area contributed by atoms with Crippen LogP contribution in [0.3, 0.4) is 0 Å². The molecule has 0 atom stereocenters. The highest BCUT2D eigenvalue weighted by atomic mass is 16.5. The normalized spacial score (nSPS) is 10.1. The summed E-state index contributed by atoms with van der Waals surface area (Å²) < 4.78 is 5.63. The minimum Gasteiger partial charge on any atom is -0.493 e. The molecule has 2 N–H and O–H groups in total. The predicted molar refractivity (Wildman–Crippen MR) is 75.9 cm³/mol. The quantitative estimate of drug-likeness (QED) is 0.714. The molecular weight excluding hydrogens is 258 g/mol. The van der Waals surface area contributed by atoms with Gasteiger partial charge >= 0.3 is 5.97 Å². The van der Waals surface area contributed by atoms with Gasteiger partial charge in [-0.2, -0.15) is 0 Å². The average Bonchev–Trinajstić information content (AvgIpc) is 2.38. The van der Waals surface area contributed by atoms with Gasteiger partial charge in [0.15, 0.2) is 0 Å². The first-order valence-electron chi connectivity index (χ1n) is 6.68. The summed E-state index contributed by atoms with van der Waals surface area (Å²) >= 11 is 0. The Bertz CT molecular complexity index is 451. The molecule has 0 aromatic heterocycles. The molecule has 0 aliphatic rings. The molecule has 1 rings (SSSR count). The van der Waals surface area contributed by atoms with Crippen molar-refractivity contribution in [2.45, 2.75) is 33.1 Å². The molecule has 0 unspecified atom stereocenters. The molecule has 20 heavy (non-hydrogen) atoms. The van der Waals surface area contributed by atoms with Gasteiger partial charge in [-0.15, -0.1) is 0 Å². The lowest BCUT2D eigenvalue weighted by atomic mass is 10.1. The Hall–Kier alpha value is -2.04. The number of hydrogen-bond acceptors (Lipinski definition) is 3. The Kier molecular flexibility index (Phi) is 6.56. The lowest BCUT2D eigenvalue weighted by Gasteiger charge is -2.11. The van der Waals surface area contributed by atoms with Crippen molar-refractivity contribution in [1.82, 2.24) is 5.32 Å². The van der Waals surface area contributed by atoms with Crippen LogP contribution >= 0.6 is 0 Å². The fourth-order valence-corrected chi connectivity index (χ4v) is 1.83. The summed E-state index contributed by atoms with van der Waals surface area (Å²) in [4.78, 5) is 21.8. The van der Waals surface area contributed by atoms with E-state index < -0.39 is 5.97 Å². The number of nitrogens with one attached hydrogen (secondary N) is 1. The van der Waals surface area contributed by atoms with E-state index >= 15 is 0 Å². The van der Waals surface area contributed by atoms with Crippen LogP contribution in [0, 0.1) is 13.8 Å². The number of carboxylic acids is 1. The van der Waals surface area contributed by atoms with Crippen LogP contribution in [0.4, 0.5) is 0 Å². The monoisotopic (exact) mass is 279 g/mol. The number of para-hydroxylation sites is 1. The largest absolute Gasteiger partial charge is 0.493 e. The van der Waals surface area contributed by atoms with E-state index in [1.54, 1.807) is 0 Å². The third-order valence-electron chi connectivity index (χ3n) is 2.87. The molecule has 0 radical (unpaired) electrons. The maximum absolute atomic E-state index is 11.5. The van der Waals surface area contributed by atoms with Crippen LogP contribution in [0.5, 0.6) is 5.75 Å². The Morgan fingerprint density at radius 2 is 1.85 bits per heavy atom. The summed E-state index contributed by atoms with van der Waals surface area (Å²) in [6.07, 6.45) is 0.777. The van der Waals surface area contributed by atoms with E-state index in [-0.39, 0.29) is 18.7 Å². The van der Waals surface area contributed by atoms with Gasteiger partial charge in [0.25, 0.3) is 0 Å². The van der Waals surface area contributed by atoms with Gasteiger partial charge in [-0.05, 0) is 31.4 Å². The van der Waals surface area contributed by atoms with Crippen LogP contribution in [0.2, 0.25) is 0 Å². The first kappa shape index (κ1) is 16.0. The van der Waals surface area contributed by atoms with Crippen LogP contribution in [0.1, 0.15) is 30.4 Å². The van der Waals surface area contributed by atoms with Gasteiger partial charge in [0.2, 0.25) is 5.91 Å². The molecule has 1 aromatic carbocycles. The Balaban J connectivity index is 2.23. The number of aliphatic carboxylic acids is 1. The van der Waals surface area contributed by atoms with Crippen molar-refractivity contribution in [1.29, 1.82) is 0 Å². The molecule has 0 saturated heterocycles. The van der Waals surface area contributed by atoms with Crippen molar-refractivity contribution in [3.8, 4) is 5.75 Å². The lowest BCUT2D eigenvalue weighted by molar-refractivity contribution is -0.137. The average molecular weight is 279 g/mol. The van der Waals surface area contributed by atoms with Crippen LogP contribution in [-0.4, -0.2) is 30.1 Å². The van der Waals surface area contributed by atoms with Crippen molar-refractivity contribution in [3.05, 3.63) is 29.3 Å². The molecule has 0 aliphatic carbocycles. The molecular formula is C15H21NO4. The Morgan fingerprint density at radius 3 is 2.45 bits per heavy atom. The number of benzene rings is 1. The third kappa shape index (κ3) is 5.73. The summed E-state index contributed by atoms with van der Waals surface area (Å²) in [5, 5.41) is 11.1. The van der Waals surface area contributed by atoms with Gasteiger partial charge in [-0.25, -0.2) is 0 Å². The van der Waals surface area contributed by atoms with Crippen LogP contribution in [0.25, 0.3) is 0 Å². The van der Waals surface area contributed by atoms with Crippen LogP contribution in [0.15, 0.2) is 18.2 Å². The number of ether oxygens (including phenoxy) is 1. The van der Waals surface area contributed by atoms with E-state index in [0.717, 1.165) is 16.9 Å². The van der Waals surface area contributed by atoms with Gasteiger partial charge in [0, 0.05) is 13.0 Å². The van der Waals surface area contributed by atoms with Gasteiger partial charge < -0.3 is 15.2 Å². The van der Waals surface area contributed by atoms with Gasteiger partial charge in [0.1, 0.15) is 5.75 Å². The van der Waals surface area contributed by atoms with Crippen molar-refractivity contribution < 1.29 is 19.4 Å². The van der Waals surface area contributed by atoms with Crippen LogP contribution < -0.4 is 10.1 Å². The number of carboxylic acid groups (broad SMARTS) is 1. The van der Waals surface area contributed by atoms with E-state index in [1.807, 2.05) is 32.0 Å². The fraction of sp³-hybridized carbons (Fsp3) is 0.467. The summed E-state index contributed by atoms with van der Waals surface area (Å²) in [7, 11) is 0. The number of carbonyl (C=O) groups excluding carboxylic acids is 1. The zero-order chi connectivity index (χ0) is 15.0. The standard InChI is InChI=1S/C15H21NO4/c1-11-5-3-6-12(2)15(11)20-10-8-13(17)16-9-4-7-14(18)19/h3,5-6H,4,7-10H2,1-2H3,(H,16,17)(H,18,19). The molecule has 0 aliphatic heterocycles. The first-order chi connectivity index (χ1) is 9.50. The topological polar surface area (TPSA) is 75.6 Å². The van der Waals surface area contributed by atoms with E-state index in [1.165, 1.54) is 0 Å². The van der Waals surface area contributed by atoms with Gasteiger partial charge in [-0.1, -0.05) is 18.2 Å². The SMILES string of the molecule is Cc1cccc(C)c1OCCC(=O)NCCCC(=O)O. The fourth-order valence-electron chi connectivity index (χ4n) is 1.83. The smallest absolute Gasteiger partial charge is 0.303 e. The minimum absolute atomic E-state index is 0.0686. The number of aryl methyl sites for hydroxylation is 2.